The second-order valence-electron chi connectivity index (χ2n) is 7.11. The van der Waals surface area contributed by atoms with Crippen molar-refractivity contribution in [2.24, 2.45) is 5.73 Å². The molecule has 1 heterocycles. The second kappa shape index (κ2) is 7.14. The predicted octanol–water partition coefficient (Wildman–Crippen LogP) is 2.70. The lowest BCUT2D eigenvalue weighted by Gasteiger charge is -2.19. The van der Waals surface area contributed by atoms with E-state index in [4.69, 9.17) is 10.5 Å². The number of hydrogen-bond donors (Lipinski definition) is 1. The van der Waals surface area contributed by atoms with E-state index >= 15 is 0 Å². The van der Waals surface area contributed by atoms with Crippen LogP contribution in [-0.4, -0.2) is 36.5 Å². The zero-order valence-corrected chi connectivity index (χ0v) is 14.0. The molecule has 4 nitrogen and oxygen atoms in total. The Morgan fingerprint density at radius 3 is 2.55 bits per heavy atom. The molecule has 1 aliphatic rings. The van der Waals surface area contributed by atoms with Gasteiger partial charge in [0.05, 0.1) is 6.61 Å². The number of amides is 1. The molecule has 1 amide bonds. The summed E-state index contributed by atoms with van der Waals surface area (Å²) in [5, 5.41) is 0. The number of rotatable bonds is 5. The van der Waals surface area contributed by atoms with Crippen LogP contribution in [0.5, 0.6) is 5.75 Å². The van der Waals surface area contributed by atoms with Crippen LogP contribution in [0.15, 0.2) is 24.3 Å². The lowest BCUT2D eigenvalue weighted by molar-refractivity contribution is -0.130. The minimum Gasteiger partial charge on any atom is -0.494 e. The van der Waals surface area contributed by atoms with Crippen molar-refractivity contribution >= 4 is 5.91 Å². The van der Waals surface area contributed by atoms with Crippen LogP contribution in [0.1, 0.15) is 45.6 Å². The summed E-state index contributed by atoms with van der Waals surface area (Å²) in [6.45, 7) is 8.65. The number of nitrogens with two attached hydrogens (primary N) is 1. The van der Waals surface area contributed by atoms with E-state index in [0.29, 0.717) is 19.6 Å². The maximum Gasteiger partial charge on any atom is 0.222 e. The van der Waals surface area contributed by atoms with Crippen molar-refractivity contribution in [2.75, 3.05) is 19.7 Å². The van der Waals surface area contributed by atoms with E-state index in [0.717, 1.165) is 25.1 Å². The molecular formula is C18H28N2O2. The second-order valence-corrected chi connectivity index (χ2v) is 7.11. The third-order valence-corrected chi connectivity index (χ3v) is 4.10. The molecule has 2 rings (SSSR count). The van der Waals surface area contributed by atoms with Gasteiger partial charge >= 0.3 is 0 Å². The fourth-order valence-electron chi connectivity index (χ4n) is 2.64. The molecule has 1 fully saturated rings. The van der Waals surface area contributed by atoms with Crippen LogP contribution >= 0.6 is 0 Å². The van der Waals surface area contributed by atoms with E-state index < -0.39 is 0 Å². The highest BCUT2D eigenvalue weighted by atomic mass is 16.5. The molecule has 0 bridgehead atoms. The van der Waals surface area contributed by atoms with Gasteiger partial charge < -0.3 is 15.4 Å². The number of nitrogens with zero attached hydrogens (tertiary/aromatic N) is 1. The Morgan fingerprint density at radius 1 is 1.32 bits per heavy atom. The predicted molar refractivity (Wildman–Crippen MR) is 89.0 cm³/mol. The number of carbonyl (C=O) groups excluding carboxylic acids is 1. The van der Waals surface area contributed by atoms with Crippen molar-refractivity contribution < 1.29 is 9.53 Å². The fourth-order valence-corrected chi connectivity index (χ4v) is 2.64. The summed E-state index contributed by atoms with van der Waals surface area (Å²) in [6, 6.07) is 8.36. The molecule has 0 spiro atoms. The molecule has 1 aromatic carbocycles. The Morgan fingerprint density at radius 2 is 2.00 bits per heavy atom. The van der Waals surface area contributed by atoms with Crippen molar-refractivity contribution in [3.8, 4) is 5.75 Å². The topological polar surface area (TPSA) is 55.6 Å². The first-order chi connectivity index (χ1) is 10.4. The molecule has 0 saturated carbocycles. The molecular weight excluding hydrogens is 276 g/mol. The summed E-state index contributed by atoms with van der Waals surface area (Å²) in [5.74, 6) is 1.06. The average Bonchev–Trinajstić information content (AvgIpc) is 2.89. The number of likely N-dealkylation sites (tertiary alicyclic amines) is 1. The lowest BCUT2D eigenvalue weighted by Crippen LogP contribution is -2.31. The van der Waals surface area contributed by atoms with Crippen molar-refractivity contribution in [3.05, 3.63) is 29.8 Å². The van der Waals surface area contributed by atoms with Gasteiger partial charge in [-0.3, -0.25) is 4.79 Å². The molecule has 2 N–H and O–H groups in total. The Hall–Kier alpha value is -1.55. The Kier molecular flexibility index (Phi) is 5.46. The van der Waals surface area contributed by atoms with E-state index in [1.807, 2.05) is 17.0 Å². The van der Waals surface area contributed by atoms with Gasteiger partial charge in [0.25, 0.3) is 0 Å². The first kappa shape index (κ1) is 16.8. The zero-order chi connectivity index (χ0) is 16.2. The first-order valence-corrected chi connectivity index (χ1v) is 8.13. The molecule has 0 radical (unpaired) electrons. The van der Waals surface area contributed by atoms with Crippen LogP contribution in [0.2, 0.25) is 0 Å². The molecule has 122 valence electrons. The maximum absolute atomic E-state index is 12.0. The zero-order valence-electron chi connectivity index (χ0n) is 14.0. The third-order valence-electron chi connectivity index (χ3n) is 4.10. The smallest absolute Gasteiger partial charge is 0.222 e. The molecule has 1 atom stereocenters. The molecule has 1 saturated heterocycles. The molecule has 0 aromatic heterocycles. The summed E-state index contributed by atoms with van der Waals surface area (Å²) in [5.41, 5.74) is 7.26. The van der Waals surface area contributed by atoms with Gasteiger partial charge in [-0.1, -0.05) is 32.9 Å². The summed E-state index contributed by atoms with van der Waals surface area (Å²) >= 11 is 0. The van der Waals surface area contributed by atoms with Crippen LogP contribution in [0, 0.1) is 0 Å². The van der Waals surface area contributed by atoms with Gasteiger partial charge in [-0.15, -0.1) is 0 Å². The Bertz CT molecular complexity index is 491. The lowest BCUT2D eigenvalue weighted by atomic mass is 9.87. The summed E-state index contributed by atoms with van der Waals surface area (Å²) < 4.78 is 5.71. The largest absolute Gasteiger partial charge is 0.494 e. The minimum atomic E-state index is 0.154. The molecule has 22 heavy (non-hydrogen) atoms. The van der Waals surface area contributed by atoms with Crippen LogP contribution in [-0.2, 0) is 10.2 Å². The molecule has 4 heteroatoms. The van der Waals surface area contributed by atoms with Gasteiger partial charge in [-0.05, 0) is 36.0 Å². The molecule has 0 aliphatic carbocycles. The molecule has 0 unspecified atom stereocenters. The number of carbonyl (C=O) groups is 1. The van der Waals surface area contributed by atoms with Crippen LogP contribution in [0.4, 0.5) is 0 Å². The van der Waals surface area contributed by atoms with Gasteiger partial charge in [-0.25, -0.2) is 0 Å². The number of ether oxygens (including phenoxy) is 1. The van der Waals surface area contributed by atoms with Gasteiger partial charge in [0, 0.05) is 25.6 Å². The number of benzene rings is 1. The van der Waals surface area contributed by atoms with Crippen molar-refractivity contribution in [1.82, 2.24) is 4.90 Å². The van der Waals surface area contributed by atoms with Crippen molar-refractivity contribution in [1.29, 1.82) is 0 Å². The monoisotopic (exact) mass is 304 g/mol. The highest BCUT2D eigenvalue weighted by molar-refractivity contribution is 5.76. The van der Waals surface area contributed by atoms with E-state index in [1.165, 1.54) is 5.56 Å². The van der Waals surface area contributed by atoms with Crippen LogP contribution in [0.3, 0.4) is 0 Å². The van der Waals surface area contributed by atoms with E-state index in [9.17, 15) is 4.79 Å². The van der Waals surface area contributed by atoms with Crippen molar-refractivity contribution in [2.45, 2.75) is 51.5 Å². The summed E-state index contributed by atoms with van der Waals surface area (Å²) in [6.07, 6.45) is 2.20. The number of hydrogen-bond acceptors (Lipinski definition) is 3. The highest BCUT2D eigenvalue weighted by Gasteiger charge is 2.22. The van der Waals surface area contributed by atoms with Crippen LogP contribution < -0.4 is 10.5 Å². The van der Waals surface area contributed by atoms with E-state index in [-0.39, 0.29) is 17.4 Å². The van der Waals surface area contributed by atoms with Gasteiger partial charge in [0.1, 0.15) is 5.75 Å². The molecule has 1 aromatic rings. The quantitative estimate of drug-likeness (QED) is 0.851. The van der Waals surface area contributed by atoms with Gasteiger partial charge in [-0.2, -0.15) is 0 Å². The Labute approximate surface area is 133 Å². The fraction of sp³-hybridized carbons (Fsp3) is 0.611. The third kappa shape index (κ3) is 4.73. The van der Waals surface area contributed by atoms with E-state index in [1.54, 1.807) is 0 Å². The summed E-state index contributed by atoms with van der Waals surface area (Å²) in [7, 11) is 0. The van der Waals surface area contributed by atoms with Crippen LogP contribution in [0.25, 0.3) is 0 Å². The van der Waals surface area contributed by atoms with Gasteiger partial charge in [0.15, 0.2) is 0 Å². The van der Waals surface area contributed by atoms with E-state index in [2.05, 4.69) is 32.9 Å². The maximum atomic E-state index is 12.0. The SMILES string of the molecule is CC(C)(C)c1ccc(OCCCC(=O)N2CC[C@@H](N)C2)cc1. The first-order valence-electron chi connectivity index (χ1n) is 8.13. The average molecular weight is 304 g/mol. The normalized spacial score (nSPS) is 18.5. The highest BCUT2D eigenvalue weighted by Crippen LogP contribution is 2.24. The van der Waals surface area contributed by atoms with Crippen molar-refractivity contribution in [3.63, 3.8) is 0 Å². The minimum absolute atomic E-state index is 0.154. The summed E-state index contributed by atoms with van der Waals surface area (Å²) in [4.78, 5) is 13.8. The molecule has 1 aliphatic heterocycles. The Balaban J connectivity index is 1.69. The standard InChI is InChI=1S/C18H28N2O2/c1-18(2,3)14-6-8-16(9-7-14)22-12-4-5-17(21)20-11-10-15(19)13-20/h6-9,15H,4-5,10-13,19H2,1-3H3/t15-/m1/s1. The van der Waals surface area contributed by atoms with Gasteiger partial charge in [0.2, 0.25) is 5.91 Å².